The Morgan fingerprint density at radius 2 is 2.00 bits per heavy atom. The van der Waals surface area contributed by atoms with Crippen molar-refractivity contribution in [2.75, 3.05) is 14.2 Å². The summed E-state index contributed by atoms with van der Waals surface area (Å²) in [5, 5.41) is 7.24. The average Bonchev–Trinajstić information content (AvgIpc) is 3.07. The van der Waals surface area contributed by atoms with Crippen LogP contribution in [-0.4, -0.2) is 35.6 Å². The molecule has 0 fully saturated rings. The number of hydrogen-bond acceptors (Lipinski definition) is 5. The number of benzene rings is 1. The first-order valence-corrected chi connectivity index (χ1v) is 7.40. The monoisotopic (exact) mass is 370 g/mol. The number of alkyl halides is 3. The molecular formula is C16H17F3N4O3. The minimum Gasteiger partial charge on any atom is -0.497 e. The van der Waals surface area contributed by atoms with E-state index < -0.39 is 24.3 Å². The Labute approximate surface area is 147 Å². The van der Waals surface area contributed by atoms with Gasteiger partial charge in [-0.25, -0.2) is 5.43 Å². The molecule has 1 heterocycles. The highest BCUT2D eigenvalue weighted by molar-refractivity contribution is 6.01. The van der Waals surface area contributed by atoms with Crippen molar-refractivity contribution in [3.63, 3.8) is 0 Å². The van der Waals surface area contributed by atoms with E-state index in [1.807, 2.05) is 0 Å². The summed E-state index contributed by atoms with van der Waals surface area (Å²) in [5.74, 6) is 0.483. The number of carbonyl (C=O) groups excluding carboxylic acids is 1. The summed E-state index contributed by atoms with van der Waals surface area (Å²) in [4.78, 5) is 11.9. The molecule has 1 amide bonds. The van der Waals surface area contributed by atoms with Crippen LogP contribution in [0.25, 0.3) is 0 Å². The Morgan fingerprint density at radius 1 is 1.27 bits per heavy atom. The lowest BCUT2D eigenvalue weighted by Gasteiger charge is -2.10. The summed E-state index contributed by atoms with van der Waals surface area (Å²) in [5.41, 5.74) is 2.30. The number of nitrogens with one attached hydrogen (secondary N) is 1. The van der Waals surface area contributed by atoms with E-state index in [4.69, 9.17) is 9.47 Å². The van der Waals surface area contributed by atoms with E-state index in [2.05, 4.69) is 15.6 Å². The SMILES string of the molecule is COc1ccc(/C(C)=N/NC(=O)Cn2ccc(C(F)(F)F)n2)c(OC)c1. The zero-order valence-electron chi connectivity index (χ0n) is 14.3. The zero-order chi connectivity index (χ0) is 19.3. The maximum Gasteiger partial charge on any atom is 0.435 e. The van der Waals surface area contributed by atoms with E-state index in [0.29, 0.717) is 22.8 Å². The molecule has 0 spiro atoms. The number of carbonyl (C=O) groups is 1. The van der Waals surface area contributed by atoms with Gasteiger partial charge in [-0.2, -0.15) is 23.4 Å². The molecule has 0 aliphatic heterocycles. The first-order chi connectivity index (χ1) is 12.2. The lowest BCUT2D eigenvalue weighted by atomic mass is 10.1. The molecule has 0 aliphatic carbocycles. The van der Waals surface area contributed by atoms with Gasteiger partial charge in [-0.3, -0.25) is 9.48 Å². The van der Waals surface area contributed by atoms with E-state index in [9.17, 15) is 18.0 Å². The van der Waals surface area contributed by atoms with Crippen LogP contribution in [-0.2, 0) is 17.5 Å². The number of halogens is 3. The topological polar surface area (TPSA) is 77.7 Å². The van der Waals surface area contributed by atoms with Crippen molar-refractivity contribution in [1.82, 2.24) is 15.2 Å². The van der Waals surface area contributed by atoms with Gasteiger partial charge < -0.3 is 9.47 Å². The Balaban J connectivity index is 2.04. The highest BCUT2D eigenvalue weighted by Gasteiger charge is 2.33. The standard InChI is InChI=1S/C16H17F3N4O3/c1-10(12-5-4-11(25-2)8-13(12)26-3)20-21-15(24)9-23-7-6-14(22-23)16(17,18)19/h4-8H,9H2,1-3H3,(H,21,24)/b20-10+. The lowest BCUT2D eigenvalue weighted by Crippen LogP contribution is -2.25. The van der Waals surface area contributed by atoms with E-state index in [1.165, 1.54) is 14.2 Å². The third kappa shape index (κ3) is 4.74. The molecule has 2 rings (SSSR count). The second-order valence-corrected chi connectivity index (χ2v) is 5.19. The lowest BCUT2D eigenvalue weighted by molar-refractivity contribution is -0.141. The van der Waals surface area contributed by atoms with Crippen molar-refractivity contribution in [2.24, 2.45) is 5.10 Å². The molecule has 0 bridgehead atoms. The molecule has 0 unspecified atom stereocenters. The normalized spacial score (nSPS) is 12.0. The minimum atomic E-state index is -4.55. The van der Waals surface area contributed by atoms with E-state index in [-0.39, 0.29) is 0 Å². The smallest absolute Gasteiger partial charge is 0.435 e. The van der Waals surface area contributed by atoms with Crippen LogP contribution in [0.1, 0.15) is 18.2 Å². The van der Waals surface area contributed by atoms with Gasteiger partial charge in [0.2, 0.25) is 0 Å². The van der Waals surface area contributed by atoms with Gasteiger partial charge in [-0.1, -0.05) is 0 Å². The van der Waals surface area contributed by atoms with Gasteiger partial charge in [-0.15, -0.1) is 0 Å². The van der Waals surface area contributed by atoms with E-state index >= 15 is 0 Å². The first kappa shape index (κ1) is 19.3. The van der Waals surface area contributed by atoms with Gasteiger partial charge in [0.1, 0.15) is 18.0 Å². The summed E-state index contributed by atoms with van der Waals surface area (Å²) in [7, 11) is 3.01. The quantitative estimate of drug-likeness (QED) is 0.626. The van der Waals surface area contributed by atoms with Crippen molar-refractivity contribution in [3.8, 4) is 11.5 Å². The Morgan fingerprint density at radius 3 is 2.58 bits per heavy atom. The third-order valence-electron chi connectivity index (χ3n) is 3.38. The maximum atomic E-state index is 12.5. The number of methoxy groups -OCH3 is 2. The number of rotatable bonds is 6. The van der Waals surface area contributed by atoms with Gasteiger partial charge in [0.25, 0.3) is 5.91 Å². The summed E-state index contributed by atoms with van der Waals surface area (Å²) < 4.78 is 48.7. The average molecular weight is 370 g/mol. The largest absolute Gasteiger partial charge is 0.497 e. The van der Waals surface area contributed by atoms with Crippen molar-refractivity contribution in [2.45, 2.75) is 19.6 Å². The molecule has 0 atom stereocenters. The van der Waals surface area contributed by atoms with Crippen LogP contribution in [0.5, 0.6) is 11.5 Å². The van der Waals surface area contributed by atoms with E-state index in [1.54, 1.807) is 25.1 Å². The summed E-state index contributed by atoms with van der Waals surface area (Å²) >= 11 is 0. The highest BCUT2D eigenvalue weighted by atomic mass is 19.4. The summed E-state index contributed by atoms with van der Waals surface area (Å²) in [6, 6.07) is 5.88. The molecule has 0 radical (unpaired) electrons. The summed E-state index contributed by atoms with van der Waals surface area (Å²) in [6.07, 6.45) is -3.48. The van der Waals surface area contributed by atoms with Gasteiger partial charge in [0.15, 0.2) is 5.69 Å². The molecular weight excluding hydrogens is 353 g/mol. The molecule has 1 N–H and O–H groups in total. The Bertz CT molecular complexity index is 815. The fourth-order valence-electron chi connectivity index (χ4n) is 2.09. The zero-order valence-corrected chi connectivity index (χ0v) is 14.3. The van der Waals surface area contributed by atoms with Crippen LogP contribution in [0, 0.1) is 0 Å². The molecule has 2 aromatic rings. The van der Waals surface area contributed by atoms with Crippen molar-refractivity contribution < 1.29 is 27.4 Å². The Hall–Kier alpha value is -3.04. The maximum absolute atomic E-state index is 12.5. The fraction of sp³-hybridized carbons (Fsp3) is 0.312. The van der Waals surface area contributed by atoms with Gasteiger partial charge in [0.05, 0.1) is 19.9 Å². The molecule has 1 aromatic carbocycles. The van der Waals surface area contributed by atoms with Crippen LogP contribution in [0.2, 0.25) is 0 Å². The highest BCUT2D eigenvalue weighted by Crippen LogP contribution is 2.27. The predicted molar refractivity (Wildman–Crippen MR) is 87.1 cm³/mol. The number of aromatic nitrogens is 2. The summed E-state index contributed by atoms with van der Waals surface area (Å²) in [6.45, 7) is 1.26. The molecule has 0 saturated carbocycles. The van der Waals surface area contributed by atoms with Crippen LogP contribution in [0.15, 0.2) is 35.6 Å². The number of hydrogen-bond donors (Lipinski definition) is 1. The molecule has 26 heavy (non-hydrogen) atoms. The van der Waals surface area contributed by atoms with Crippen LogP contribution < -0.4 is 14.9 Å². The second-order valence-electron chi connectivity index (χ2n) is 5.19. The molecule has 7 nitrogen and oxygen atoms in total. The van der Waals surface area contributed by atoms with Gasteiger partial charge in [-0.05, 0) is 25.1 Å². The van der Waals surface area contributed by atoms with Crippen LogP contribution >= 0.6 is 0 Å². The van der Waals surface area contributed by atoms with Crippen LogP contribution in [0.3, 0.4) is 0 Å². The number of amides is 1. The fourth-order valence-corrected chi connectivity index (χ4v) is 2.09. The number of nitrogens with zero attached hydrogens (tertiary/aromatic N) is 3. The van der Waals surface area contributed by atoms with Gasteiger partial charge in [0, 0.05) is 17.8 Å². The number of ether oxygens (including phenoxy) is 2. The molecule has 1 aromatic heterocycles. The third-order valence-corrected chi connectivity index (χ3v) is 3.38. The molecule has 0 aliphatic rings. The molecule has 0 saturated heterocycles. The van der Waals surface area contributed by atoms with Crippen molar-refractivity contribution >= 4 is 11.6 Å². The van der Waals surface area contributed by atoms with E-state index in [0.717, 1.165) is 16.9 Å². The minimum absolute atomic E-state index is 0.396. The Kier molecular flexibility index (Phi) is 5.86. The molecule has 10 heteroatoms. The second kappa shape index (κ2) is 7.89. The van der Waals surface area contributed by atoms with Gasteiger partial charge >= 0.3 is 6.18 Å². The van der Waals surface area contributed by atoms with Crippen molar-refractivity contribution in [1.29, 1.82) is 0 Å². The predicted octanol–water partition coefficient (Wildman–Crippen LogP) is 2.46. The van der Waals surface area contributed by atoms with Crippen molar-refractivity contribution in [3.05, 3.63) is 41.7 Å². The number of hydrazone groups is 1. The van der Waals surface area contributed by atoms with Crippen LogP contribution in [0.4, 0.5) is 13.2 Å². The molecule has 140 valence electrons. The first-order valence-electron chi connectivity index (χ1n) is 7.40.